The predicted octanol–water partition coefficient (Wildman–Crippen LogP) is 4.15. The summed E-state index contributed by atoms with van der Waals surface area (Å²) >= 11 is 0. The van der Waals surface area contributed by atoms with Gasteiger partial charge in [0, 0.05) is 6.04 Å². The summed E-state index contributed by atoms with van der Waals surface area (Å²) in [4.78, 5) is 0. The van der Waals surface area contributed by atoms with Crippen LogP contribution in [0.4, 0.5) is 0 Å². The molecule has 0 heterocycles. The normalized spacial score (nSPS) is 25.9. The third kappa shape index (κ3) is 5.16. The summed E-state index contributed by atoms with van der Waals surface area (Å²) in [6.07, 6.45) is 11.8. The van der Waals surface area contributed by atoms with Gasteiger partial charge in [-0.05, 0) is 44.1 Å². The highest BCUT2D eigenvalue weighted by atomic mass is 14.9. The van der Waals surface area contributed by atoms with Crippen molar-refractivity contribution < 1.29 is 0 Å². The fourth-order valence-corrected chi connectivity index (χ4v) is 2.84. The first-order valence-corrected chi connectivity index (χ1v) is 7.08. The van der Waals surface area contributed by atoms with Crippen molar-refractivity contribution in [1.29, 1.82) is 0 Å². The Balaban J connectivity index is 2.28. The lowest BCUT2D eigenvalue weighted by atomic mass is 9.76. The Morgan fingerprint density at radius 2 is 1.94 bits per heavy atom. The zero-order chi connectivity index (χ0) is 11.8. The number of hydrogen-bond acceptors (Lipinski definition) is 1. The molecule has 2 unspecified atom stereocenters. The van der Waals surface area contributed by atoms with Crippen LogP contribution in [0.15, 0.2) is 12.7 Å². The minimum Gasteiger partial charge on any atom is -0.314 e. The van der Waals surface area contributed by atoms with Gasteiger partial charge < -0.3 is 5.32 Å². The molecule has 1 saturated carbocycles. The smallest absolute Gasteiger partial charge is 0.00104 e. The van der Waals surface area contributed by atoms with Gasteiger partial charge >= 0.3 is 0 Å². The van der Waals surface area contributed by atoms with Gasteiger partial charge in [-0.1, -0.05) is 39.2 Å². The van der Waals surface area contributed by atoms with Crippen LogP contribution in [0.5, 0.6) is 0 Å². The number of nitrogens with one attached hydrogen (secondary N) is 1. The van der Waals surface area contributed by atoms with Crippen LogP contribution in [-0.4, -0.2) is 12.6 Å². The SMILES string of the molecule is C=CCCCC1CCCCC1CNC(C)C. The molecule has 1 fully saturated rings. The van der Waals surface area contributed by atoms with Crippen molar-refractivity contribution in [3.05, 3.63) is 12.7 Å². The molecule has 0 bridgehead atoms. The zero-order valence-electron chi connectivity index (χ0n) is 11.2. The second-order valence-corrected chi connectivity index (χ2v) is 5.59. The van der Waals surface area contributed by atoms with Crippen molar-refractivity contribution in [3.8, 4) is 0 Å². The number of allylic oxidation sites excluding steroid dienone is 1. The van der Waals surface area contributed by atoms with E-state index in [9.17, 15) is 0 Å². The van der Waals surface area contributed by atoms with Gasteiger partial charge in [-0.3, -0.25) is 0 Å². The Kier molecular flexibility index (Phi) is 6.79. The number of unbranched alkanes of at least 4 members (excludes halogenated alkanes) is 1. The van der Waals surface area contributed by atoms with Crippen LogP contribution in [0.1, 0.15) is 58.8 Å². The van der Waals surface area contributed by atoms with E-state index in [2.05, 4.69) is 31.8 Å². The largest absolute Gasteiger partial charge is 0.314 e. The Hall–Kier alpha value is -0.300. The van der Waals surface area contributed by atoms with Crippen LogP contribution in [-0.2, 0) is 0 Å². The average Bonchev–Trinajstić information content (AvgIpc) is 2.28. The fourth-order valence-electron chi connectivity index (χ4n) is 2.84. The van der Waals surface area contributed by atoms with Gasteiger partial charge in [-0.2, -0.15) is 0 Å². The van der Waals surface area contributed by atoms with E-state index in [1.807, 2.05) is 0 Å². The lowest BCUT2D eigenvalue weighted by Crippen LogP contribution is -2.34. The second kappa shape index (κ2) is 7.89. The van der Waals surface area contributed by atoms with Crippen molar-refractivity contribution in [2.75, 3.05) is 6.54 Å². The van der Waals surface area contributed by atoms with Crippen LogP contribution in [0.25, 0.3) is 0 Å². The Bertz CT molecular complexity index is 186. The third-order valence-corrected chi connectivity index (χ3v) is 3.84. The lowest BCUT2D eigenvalue weighted by molar-refractivity contribution is 0.211. The van der Waals surface area contributed by atoms with Crippen LogP contribution < -0.4 is 5.32 Å². The highest BCUT2D eigenvalue weighted by Crippen LogP contribution is 2.33. The monoisotopic (exact) mass is 223 g/mol. The topological polar surface area (TPSA) is 12.0 Å². The first kappa shape index (κ1) is 13.8. The van der Waals surface area contributed by atoms with Crippen molar-refractivity contribution in [2.45, 2.75) is 64.8 Å². The van der Waals surface area contributed by atoms with Gasteiger partial charge in [0.25, 0.3) is 0 Å². The molecular formula is C15H29N. The van der Waals surface area contributed by atoms with Gasteiger partial charge in [-0.15, -0.1) is 6.58 Å². The van der Waals surface area contributed by atoms with Gasteiger partial charge in [0.1, 0.15) is 0 Å². The van der Waals surface area contributed by atoms with E-state index in [4.69, 9.17) is 0 Å². The minimum atomic E-state index is 0.635. The molecule has 0 spiro atoms. The van der Waals surface area contributed by atoms with E-state index in [0.717, 1.165) is 11.8 Å². The molecule has 16 heavy (non-hydrogen) atoms. The molecule has 0 aromatic carbocycles. The molecule has 0 saturated heterocycles. The van der Waals surface area contributed by atoms with E-state index < -0.39 is 0 Å². The Labute approximate surface area is 102 Å². The number of rotatable bonds is 7. The lowest BCUT2D eigenvalue weighted by Gasteiger charge is -2.32. The van der Waals surface area contributed by atoms with Gasteiger partial charge in [0.05, 0.1) is 0 Å². The molecule has 1 rings (SSSR count). The molecule has 1 aliphatic rings. The second-order valence-electron chi connectivity index (χ2n) is 5.59. The maximum atomic E-state index is 3.81. The van der Waals surface area contributed by atoms with E-state index >= 15 is 0 Å². The molecule has 94 valence electrons. The van der Waals surface area contributed by atoms with Gasteiger partial charge in [0.2, 0.25) is 0 Å². The van der Waals surface area contributed by atoms with Crippen molar-refractivity contribution in [3.63, 3.8) is 0 Å². The number of hydrogen-bond donors (Lipinski definition) is 1. The van der Waals surface area contributed by atoms with Crippen molar-refractivity contribution >= 4 is 0 Å². The predicted molar refractivity (Wildman–Crippen MR) is 72.6 cm³/mol. The van der Waals surface area contributed by atoms with Crippen LogP contribution in [0, 0.1) is 11.8 Å². The summed E-state index contributed by atoms with van der Waals surface area (Å²) in [6, 6.07) is 0.635. The first-order chi connectivity index (χ1) is 7.74. The van der Waals surface area contributed by atoms with E-state index in [-0.39, 0.29) is 0 Å². The first-order valence-electron chi connectivity index (χ1n) is 7.08. The Morgan fingerprint density at radius 1 is 1.25 bits per heavy atom. The molecule has 1 nitrogen and oxygen atoms in total. The molecule has 0 aromatic heterocycles. The minimum absolute atomic E-state index is 0.635. The van der Waals surface area contributed by atoms with E-state index in [1.54, 1.807) is 0 Å². The van der Waals surface area contributed by atoms with E-state index in [1.165, 1.54) is 51.5 Å². The van der Waals surface area contributed by atoms with Crippen molar-refractivity contribution in [2.24, 2.45) is 11.8 Å². The summed E-state index contributed by atoms with van der Waals surface area (Å²) in [5, 5.41) is 3.62. The molecular weight excluding hydrogens is 194 g/mol. The highest BCUT2D eigenvalue weighted by Gasteiger charge is 2.24. The summed E-state index contributed by atoms with van der Waals surface area (Å²) in [5.41, 5.74) is 0. The molecule has 0 amide bonds. The maximum Gasteiger partial charge on any atom is 0.00104 e. The fraction of sp³-hybridized carbons (Fsp3) is 0.867. The highest BCUT2D eigenvalue weighted by molar-refractivity contribution is 4.79. The van der Waals surface area contributed by atoms with Crippen LogP contribution in [0.2, 0.25) is 0 Å². The molecule has 1 aliphatic carbocycles. The van der Waals surface area contributed by atoms with Gasteiger partial charge in [-0.25, -0.2) is 0 Å². The third-order valence-electron chi connectivity index (χ3n) is 3.84. The summed E-state index contributed by atoms with van der Waals surface area (Å²) in [6.45, 7) is 9.53. The molecule has 1 heteroatoms. The summed E-state index contributed by atoms with van der Waals surface area (Å²) in [5.74, 6) is 1.90. The molecule has 0 radical (unpaired) electrons. The van der Waals surface area contributed by atoms with Crippen LogP contribution >= 0.6 is 0 Å². The summed E-state index contributed by atoms with van der Waals surface area (Å²) in [7, 11) is 0. The van der Waals surface area contributed by atoms with Gasteiger partial charge in [0.15, 0.2) is 0 Å². The average molecular weight is 223 g/mol. The Morgan fingerprint density at radius 3 is 2.56 bits per heavy atom. The zero-order valence-corrected chi connectivity index (χ0v) is 11.2. The standard InChI is InChI=1S/C15H29N/c1-4-5-6-9-14-10-7-8-11-15(14)12-16-13(2)3/h4,13-16H,1,5-12H2,2-3H3. The maximum absolute atomic E-state index is 3.81. The van der Waals surface area contributed by atoms with Crippen molar-refractivity contribution in [1.82, 2.24) is 5.32 Å². The van der Waals surface area contributed by atoms with E-state index in [0.29, 0.717) is 6.04 Å². The van der Waals surface area contributed by atoms with Crippen LogP contribution in [0.3, 0.4) is 0 Å². The molecule has 2 atom stereocenters. The molecule has 1 N–H and O–H groups in total. The summed E-state index contributed by atoms with van der Waals surface area (Å²) < 4.78 is 0. The molecule has 0 aliphatic heterocycles. The quantitative estimate of drug-likeness (QED) is 0.505. The molecule has 0 aromatic rings.